The van der Waals surface area contributed by atoms with E-state index in [0.29, 0.717) is 24.0 Å². The number of piperidine rings is 1. The van der Waals surface area contributed by atoms with Crippen LogP contribution in [0.5, 0.6) is 5.88 Å². The van der Waals surface area contributed by atoms with E-state index in [1.54, 1.807) is 49.6 Å². The first-order valence-electron chi connectivity index (χ1n) is 14.4. The summed E-state index contributed by atoms with van der Waals surface area (Å²) in [5, 5.41) is 16.8. The van der Waals surface area contributed by atoms with Gasteiger partial charge in [-0.25, -0.2) is 4.68 Å². The first kappa shape index (κ1) is 31.8. The van der Waals surface area contributed by atoms with Gasteiger partial charge in [0.1, 0.15) is 12.6 Å². The van der Waals surface area contributed by atoms with Crippen LogP contribution in [0, 0.1) is 5.41 Å². The van der Waals surface area contributed by atoms with Crippen molar-refractivity contribution < 1.29 is 29.0 Å². The van der Waals surface area contributed by atoms with Crippen LogP contribution in [0.1, 0.15) is 56.9 Å². The standard InChI is InChI=1S/C32H38N4O6S/c1-32(2,3)27(37)21-42-28-20-26(34-36(28)22-10-6-4-7-11-22)30(40)33-25(14-15-29(38)39)31(41)35-18-16-24(17-19-35)43-23-12-8-5-9-13-23/h4-13,20,24-25H,14-19,21H2,1-3H3,(H,33,40)(H,38,39)/t25-/m0/s1. The smallest absolute Gasteiger partial charge is 0.303 e. The average molecular weight is 607 g/mol. The summed E-state index contributed by atoms with van der Waals surface area (Å²) in [7, 11) is 0. The van der Waals surface area contributed by atoms with E-state index in [2.05, 4.69) is 22.5 Å². The molecule has 2 N–H and O–H groups in total. The Morgan fingerprint density at radius 1 is 1.02 bits per heavy atom. The number of likely N-dealkylation sites (tertiary alicyclic amines) is 1. The molecule has 1 fully saturated rings. The molecular formula is C32H38N4O6S. The van der Waals surface area contributed by atoms with Gasteiger partial charge in [-0.3, -0.25) is 19.2 Å². The number of ether oxygens (including phenoxy) is 1. The Bertz CT molecular complexity index is 1410. The number of carbonyl (C=O) groups excluding carboxylic acids is 3. The molecule has 0 radical (unpaired) electrons. The van der Waals surface area contributed by atoms with Crippen molar-refractivity contribution >= 4 is 35.3 Å². The molecule has 10 nitrogen and oxygen atoms in total. The van der Waals surface area contributed by atoms with Gasteiger partial charge in [0.05, 0.1) is 5.69 Å². The molecule has 0 spiro atoms. The van der Waals surface area contributed by atoms with E-state index >= 15 is 0 Å². The number of nitrogens with zero attached hydrogens (tertiary/aromatic N) is 3. The van der Waals surface area contributed by atoms with Gasteiger partial charge in [-0.15, -0.1) is 11.8 Å². The molecule has 1 aromatic heterocycles. The van der Waals surface area contributed by atoms with Crippen LogP contribution in [-0.4, -0.2) is 74.3 Å². The zero-order chi connectivity index (χ0) is 31.0. The molecule has 1 aliphatic rings. The maximum absolute atomic E-state index is 13.5. The highest BCUT2D eigenvalue weighted by Crippen LogP contribution is 2.30. The highest BCUT2D eigenvalue weighted by Gasteiger charge is 2.31. The molecule has 2 aromatic carbocycles. The lowest BCUT2D eigenvalue weighted by Gasteiger charge is -2.34. The molecule has 43 heavy (non-hydrogen) atoms. The topological polar surface area (TPSA) is 131 Å². The number of para-hydroxylation sites is 1. The first-order valence-corrected chi connectivity index (χ1v) is 15.2. The van der Waals surface area contributed by atoms with Gasteiger partial charge in [0, 0.05) is 41.1 Å². The van der Waals surface area contributed by atoms with E-state index in [4.69, 9.17) is 4.74 Å². The van der Waals surface area contributed by atoms with Gasteiger partial charge in [0.15, 0.2) is 11.5 Å². The number of ketones is 1. The van der Waals surface area contributed by atoms with E-state index in [9.17, 15) is 24.3 Å². The summed E-state index contributed by atoms with van der Waals surface area (Å²) in [4.78, 5) is 53.7. The van der Waals surface area contributed by atoms with Crippen molar-refractivity contribution in [2.24, 2.45) is 5.41 Å². The predicted molar refractivity (Wildman–Crippen MR) is 164 cm³/mol. The van der Waals surface area contributed by atoms with Crippen LogP contribution >= 0.6 is 11.8 Å². The minimum atomic E-state index is -1.06. The number of amides is 2. The average Bonchev–Trinajstić information content (AvgIpc) is 3.43. The quantitative estimate of drug-likeness (QED) is 0.306. The number of nitrogens with one attached hydrogen (secondary N) is 1. The Morgan fingerprint density at radius 3 is 2.26 bits per heavy atom. The maximum atomic E-state index is 13.5. The van der Waals surface area contributed by atoms with Gasteiger partial charge in [-0.05, 0) is 43.5 Å². The van der Waals surface area contributed by atoms with E-state index in [1.165, 1.54) is 15.6 Å². The number of hydrogen-bond donors (Lipinski definition) is 2. The number of benzene rings is 2. The molecule has 0 saturated carbocycles. The summed E-state index contributed by atoms with van der Waals surface area (Å²) in [5.41, 5.74) is -0.00723. The van der Waals surface area contributed by atoms with Gasteiger partial charge in [0.25, 0.3) is 5.91 Å². The number of Topliss-reactive ketones (excluding diaryl/α,β-unsaturated/α-hetero) is 1. The third-order valence-electron chi connectivity index (χ3n) is 7.15. The highest BCUT2D eigenvalue weighted by atomic mass is 32.2. The second-order valence-corrected chi connectivity index (χ2v) is 12.9. The molecule has 0 aliphatic carbocycles. The number of carboxylic acid groups (broad SMARTS) is 1. The normalized spacial score (nSPS) is 14.6. The fourth-order valence-corrected chi connectivity index (χ4v) is 5.70. The van der Waals surface area contributed by atoms with Crippen LogP contribution in [0.25, 0.3) is 5.69 Å². The van der Waals surface area contributed by atoms with Gasteiger partial charge >= 0.3 is 5.97 Å². The minimum absolute atomic E-state index is 0.0202. The van der Waals surface area contributed by atoms with Crippen molar-refractivity contribution in [3.05, 3.63) is 72.4 Å². The van der Waals surface area contributed by atoms with Gasteiger partial charge in [-0.1, -0.05) is 57.2 Å². The van der Waals surface area contributed by atoms with Crippen molar-refractivity contribution in [1.29, 1.82) is 0 Å². The number of rotatable bonds is 12. The van der Waals surface area contributed by atoms with Crippen LogP contribution in [-0.2, 0) is 14.4 Å². The molecule has 3 aromatic rings. The minimum Gasteiger partial charge on any atom is -0.481 e. The van der Waals surface area contributed by atoms with E-state index in [-0.39, 0.29) is 42.7 Å². The lowest BCUT2D eigenvalue weighted by atomic mass is 9.91. The van der Waals surface area contributed by atoms with Crippen LogP contribution in [0.15, 0.2) is 71.6 Å². The molecule has 11 heteroatoms. The molecule has 2 heterocycles. The molecule has 1 atom stereocenters. The fraction of sp³-hybridized carbons (Fsp3) is 0.406. The molecule has 1 aliphatic heterocycles. The molecule has 2 amide bonds. The largest absolute Gasteiger partial charge is 0.481 e. The molecule has 228 valence electrons. The Balaban J connectivity index is 1.47. The van der Waals surface area contributed by atoms with Crippen molar-refractivity contribution in [1.82, 2.24) is 20.0 Å². The highest BCUT2D eigenvalue weighted by molar-refractivity contribution is 8.00. The molecule has 4 rings (SSSR count). The Kier molecular flexibility index (Phi) is 10.6. The predicted octanol–water partition coefficient (Wildman–Crippen LogP) is 4.61. The van der Waals surface area contributed by atoms with E-state index in [1.807, 2.05) is 36.4 Å². The maximum Gasteiger partial charge on any atom is 0.303 e. The third kappa shape index (κ3) is 8.93. The number of thioether (sulfide) groups is 1. The molecule has 0 unspecified atom stereocenters. The zero-order valence-electron chi connectivity index (χ0n) is 24.7. The Morgan fingerprint density at radius 2 is 1.65 bits per heavy atom. The van der Waals surface area contributed by atoms with Crippen molar-refractivity contribution in [3.63, 3.8) is 0 Å². The summed E-state index contributed by atoms with van der Waals surface area (Å²) in [5.74, 6) is -1.94. The fourth-order valence-electron chi connectivity index (χ4n) is 4.55. The van der Waals surface area contributed by atoms with Crippen molar-refractivity contribution in [3.8, 4) is 11.6 Å². The van der Waals surface area contributed by atoms with E-state index in [0.717, 1.165) is 12.8 Å². The summed E-state index contributed by atoms with van der Waals surface area (Å²) < 4.78 is 7.23. The van der Waals surface area contributed by atoms with Crippen molar-refractivity contribution in [2.45, 2.75) is 62.6 Å². The number of carbonyl (C=O) groups is 4. The van der Waals surface area contributed by atoms with Crippen LogP contribution in [0.3, 0.4) is 0 Å². The summed E-state index contributed by atoms with van der Waals surface area (Å²) in [6.07, 6.45) is 1.25. The summed E-state index contributed by atoms with van der Waals surface area (Å²) in [6.45, 7) is 6.22. The lowest BCUT2D eigenvalue weighted by Crippen LogP contribution is -2.51. The molecule has 0 bridgehead atoms. The number of aromatic nitrogens is 2. The van der Waals surface area contributed by atoms with Crippen LogP contribution < -0.4 is 10.1 Å². The SMILES string of the molecule is CC(C)(C)C(=O)COc1cc(C(=O)N[C@@H](CCC(=O)O)C(=O)N2CCC(Sc3ccccc3)CC2)nn1-c1ccccc1. The van der Waals surface area contributed by atoms with Gasteiger partial charge in [-0.2, -0.15) is 5.10 Å². The van der Waals surface area contributed by atoms with Gasteiger partial charge < -0.3 is 20.1 Å². The second kappa shape index (κ2) is 14.4. The monoisotopic (exact) mass is 606 g/mol. The number of carboxylic acids is 1. The van der Waals surface area contributed by atoms with Gasteiger partial charge in [0.2, 0.25) is 11.8 Å². The number of aliphatic carboxylic acids is 1. The van der Waals surface area contributed by atoms with Crippen LogP contribution in [0.2, 0.25) is 0 Å². The third-order valence-corrected chi connectivity index (χ3v) is 8.50. The Labute approximate surface area is 255 Å². The summed E-state index contributed by atoms with van der Waals surface area (Å²) in [6, 6.07) is 19.5. The molecular weight excluding hydrogens is 568 g/mol. The lowest BCUT2D eigenvalue weighted by molar-refractivity contribution is -0.138. The Hall–Kier alpha value is -4.12. The molecule has 1 saturated heterocycles. The van der Waals surface area contributed by atoms with Crippen molar-refractivity contribution in [2.75, 3.05) is 19.7 Å². The second-order valence-electron chi connectivity index (χ2n) is 11.5. The first-order chi connectivity index (χ1) is 20.5. The van der Waals surface area contributed by atoms with E-state index < -0.39 is 23.3 Å². The zero-order valence-corrected chi connectivity index (χ0v) is 25.5. The van der Waals surface area contributed by atoms with Crippen LogP contribution in [0.4, 0.5) is 0 Å². The summed E-state index contributed by atoms with van der Waals surface area (Å²) >= 11 is 1.79. The number of hydrogen-bond acceptors (Lipinski definition) is 7.